The zero-order valence-electron chi connectivity index (χ0n) is 11.9. The highest BCUT2D eigenvalue weighted by Gasteiger charge is 2.33. The van der Waals surface area contributed by atoms with Crippen LogP contribution in [0.3, 0.4) is 0 Å². The largest absolute Gasteiger partial charge is 0.356 e. The number of amides is 1. The topological polar surface area (TPSA) is 59.0 Å². The summed E-state index contributed by atoms with van der Waals surface area (Å²) in [7, 11) is 0. The molecule has 2 unspecified atom stereocenters. The number of carbonyl (C=O) groups is 1. The van der Waals surface area contributed by atoms with Gasteiger partial charge in [0.15, 0.2) is 0 Å². The van der Waals surface area contributed by atoms with Crippen LogP contribution in [0.1, 0.15) is 38.5 Å². The van der Waals surface area contributed by atoms with Gasteiger partial charge in [-0.15, -0.1) is 0 Å². The Bertz CT molecular complexity index is 419. The molecule has 0 aliphatic carbocycles. The first-order chi connectivity index (χ1) is 9.79. The van der Waals surface area contributed by atoms with Crippen LogP contribution < -0.4 is 10.6 Å². The van der Waals surface area contributed by atoms with Gasteiger partial charge in [-0.3, -0.25) is 4.79 Å². The number of nitrogens with zero attached hydrogens (tertiary/aromatic N) is 2. The quantitative estimate of drug-likeness (QED) is 0.770. The molecular weight excluding hydrogens is 252 g/mol. The third-order valence-corrected chi connectivity index (χ3v) is 4.52. The monoisotopic (exact) mass is 276 g/mol. The molecule has 2 N–H and O–H groups in total. The average molecular weight is 276 g/mol. The second-order valence-corrected chi connectivity index (χ2v) is 6.18. The van der Waals surface area contributed by atoms with Gasteiger partial charge in [0, 0.05) is 44.0 Å². The molecule has 2 atom stereocenters. The van der Waals surface area contributed by atoms with Gasteiger partial charge in [-0.25, -0.2) is 4.98 Å². The van der Waals surface area contributed by atoms with Gasteiger partial charge < -0.3 is 15.2 Å². The molecule has 2 aliphatic heterocycles. The van der Waals surface area contributed by atoms with E-state index < -0.39 is 0 Å². The predicted molar refractivity (Wildman–Crippen MR) is 77.1 cm³/mol. The molecule has 2 fully saturated rings. The molecule has 3 heterocycles. The van der Waals surface area contributed by atoms with Crippen molar-refractivity contribution in [2.24, 2.45) is 5.92 Å². The predicted octanol–water partition coefficient (Wildman–Crippen LogP) is 1.31. The smallest absolute Gasteiger partial charge is 0.220 e. The Morgan fingerprint density at radius 2 is 2.15 bits per heavy atom. The van der Waals surface area contributed by atoms with Crippen LogP contribution in [0.15, 0.2) is 18.7 Å². The van der Waals surface area contributed by atoms with Crippen LogP contribution in [-0.2, 0) is 11.3 Å². The number of carbonyl (C=O) groups excluding carboxylic acids is 1. The minimum absolute atomic E-state index is 0.224. The lowest BCUT2D eigenvalue weighted by Gasteiger charge is -2.28. The number of piperidine rings is 1. The fourth-order valence-electron chi connectivity index (χ4n) is 3.58. The van der Waals surface area contributed by atoms with Crippen molar-refractivity contribution >= 4 is 5.91 Å². The van der Waals surface area contributed by atoms with Crippen molar-refractivity contribution in [3.63, 3.8) is 0 Å². The lowest BCUT2D eigenvalue weighted by molar-refractivity contribution is -0.122. The summed E-state index contributed by atoms with van der Waals surface area (Å²) in [6.07, 6.45) is 12.2. The number of aromatic nitrogens is 2. The summed E-state index contributed by atoms with van der Waals surface area (Å²) in [6.45, 7) is 1.67. The van der Waals surface area contributed by atoms with E-state index in [0.29, 0.717) is 24.4 Å². The number of hydrogen-bond donors (Lipinski definition) is 2. The zero-order valence-corrected chi connectivity index (χ0v) is 11.9. The molecule has 3 rings (SSSR count). The summed E-state index contributed by atoms with van der Waals surface area (Å²) in [5.41, 5.74) is 0. The Morgan fingerprint density at radius 1 is 1.35 bits per heavy atom. The molecule has 2 aliphatic rings. The minimum atomic E-state index is 0.224. The van der Waals surface area contributed by atoms with Crippen molar-refractivity contribution in [1.82, 2.24) is 20.2 Å². The van der Waals surface area contributed by atoms with Crippen molar-refractivity contribution in [3.8, 4) is 0 Å². The van der Waals surface area contributed by atoms with Gasteiger partial charge in [0.1, 0.15) is 0 Å². The van der Waals surface area contributed by atoms with Crippen molar-refractivity contribution in [2.75, 3.05) is 6.54 Å². The highest BCUT2D eigenvalue weighted by atomic mass is 16.1. The molecule has 1 aromatic heterocycles. The molecule has 1 amide bonds. The fraction of sp³-hybridized carbons (Fsp3) is 0.733. The van der Waals surface area contributed by atoms with E-state index in [1.54, 1.807) is 6.20 Å². The molecule has 0 aromatic carbocycles. The second-order valence-electron chi connectivity index (χ2n) is 6.18. The van der Waals surface area contributed by atoms with E-state index in [0.717, 1.165) is 19.5 Å². The van der Waals surface area contributed by atoms with Gasteiger partial charge in [0.05, 0.1) is 6.33 Å². The van der Waals surface area contributed by atoms with E-state index in [1.165, 1.54) is 25.7 Å². The van der Waals surface area contributed by atoms with Crippen molar-refractivity contribution in [1.29, 1.82) is 0 Å². The van der Waals surface area contributed by atoms with E-state index in [1.807, 2.05) is 17.1 Å². The normalized spacial score (nSPS) is 28.5. The van der Waals surface area contributed by atoms with Gasteiger partial charge in [-0.05, 0) is 38.0 Å². The van der Waals surface area contributed by atoms with Crippen molar-refractivity contribution < 1.29 is 4.79 Å². The Kier molecular flexibility index (Phi) is 4.35. The van der Waals surface area contributed by atoms with Gasteiger partial charge in [-0.2, -0.15) is 0 Å². The maximum absolute atomic E-state index is 12.0. The number of rotatable bonds is 6. The molecule has 0 radical (unpaired) electrons. The van der Waals surface area contributed by atoms with E-state index >= 15 is 0 Å². The minimum Gasteiger partial charge on any atom is -0.356 e. The molecule has 20 heavy (non-hydrogen) atoms. The SMILES string of the molecule is O=C(CC1CC2CCC(C1)N2)NCCCn1ccnc1. The Balaban J connectivity index is 1.31. The lowest BCUT2D eigenvalue weighted by Crippen LogP contribution is -2.39. The van der Waals surface area contributed by atoms with Crippen LogP contribution in [0.25, 0.3) is 0 Å². The summed E-state index contributed by atoms with van der Waals surface area (Å²) in [4.78, 5) is 16.0. The lowest BCUT2D eigenvalue weighted by atomic mass is 9.89. The van der Waals surface area contributed by atoms with Crippen LogP contribution in [0, 0.1) is 5.92 Å². The van der Waals surface area contributed by atoms with Crippen LogP contribution in [0.2, 0.25) is 0 Å². The Morgan fingerprint density at radius 3 is 2.85 bits per heavy atom. The first-order valence-electron chi connectivity index (χ1n) is 7.78. The molecular formula is C15H24N4O. The summed E-state index contributed by atoms with van der Waals surface area (Å²) >= 11 is 0. The summed E-state index contributed by atoms with van der Waals surface area (Å²) in [6, 6.07) is 1.35. The summed E-state index contributed by atoms with van der Waals surface area (Å²) in [5, 5.41) is 6.67. The number of fused-ring (bicyclic) bond motifs is 2. The summed E-state index contributed by atoms with van der Waals surface area (Å²) < 4.78 is 2.04. The van der Waals surface area contributed by atoms with Gasteiger partial charge >= 0.3 is 0 Å². The number of nitrogens with one attached hydrogen (secondary N) is 2. The first-order valence-corrected chi connectivity index (χ1v) is 7.78. The zero-order chi connectivity index (χ0) is 13.8. The van der Waals surface area contributed by atoms with Crippen molar-refractivity contribution in [3.05, 3.63) is 18.7 Å². The average Bonchev–Trinajstić information content (AvgIpc) is 3.05. The molecule has 5 heteroatoms. The van der Waals surface area contributed by atoms with Crippen LogP contribution >= 0.6 is 0 Å². The van der Waals surface area contributed by atoms with Gasteiger partial charge in [0.2, 0.25) is 5.91 Å². The van der Waals surface area contributed by atoms with Crippen molar-refractivity contribution in [2.45, 2.75) is 57.2 Å². The molecule has 2 bridgehead atoms. The highest BCUT2D eigenvalue weighted by molar-refractivity contribution is 5.76. The molecule has 110 valence electrons. The molecule has 0 spiro atoms. The van der Waals surface area contributed by atoms with E-state index in [4.69, 9.17) is 0 Å². The van der Waals surface area contributed by atoms with Crippen LogP contribution in [0.5, 0.6) is 0 Å². The molecule has 2 saturated heterocycles. The van der Waals surface area contributed by atoms with Gasteiger partial charge in [0.25, 0.3) is 0 Å². The maximum atomic E-state index is 12.0. The fourth-order valence-corrected chi connectivity index (χ4v) is 3.58. The number of imidazole rings is 1. The number of aryl methyl sites for hydroxylation is 1. The summed E-state index contributed by atoms with van der Waals surface area (Å²) in [5.74, 6) is 0.810. The third kappa shape index (κ3) is 3.60. The van der Waals surface area contributed by atoms with E-state index in [-0.39, 0.29) is 5.91 Å². The molecule has 5 nitrogen and oxygen atoms in total. The van der Waals surface area contributed by atoms with Crippen LogP contribution in [-0.4, -0.2) is 34.1 Å². The van der Waals surface area contributed by atoms with Gasteiger partial charge in [-0.1, -0.05) is 0 Å². The maximum Gasteiger partial charge on any atom is 0.220 e. The Hall–Kier alpha value is -1.36. The molecule has 1 aromatic rings. The second kappa shape index (κ2) is 6.39. The third-order valence-electron chi connectivity index (χ3n) is 4.52. The Labute approximate surface area is 120 Å². The number of hydrogen-bond acceptors (Lipinski definition) is 3. The van der Waals surface area contributed by atoms with E-state index in [9.17, 15) is 4.79 Å². The van der Waals surface area contributed by atoms with Crippen LogP contribution in [0.4, 0.5) is 0 Å². The molecule has 0 saturated carbocycles. The first kappa shape index (κ1) is 13.6. The van der Waals surface area contributed by atoms with E-state index in [2.05, 4.69) is 15.6 Å². The highest BCUT2D eigenvalue weighted by Crippen LogP contribution is 2.32. The standard InChI is InChI=1S/C15H24N4O/c20-15(17-4-1-6-19-7-5-16-11-19)10-12-8-13-2-3-14(9-12)18-13/h5,7,11-14,18H,1-4,6,8-10H2,(H,17,20).